The number of carbonyl (C=O) groups is 1. The van der Waals surface area contributed by atoms with E-state index >= 15 is 0 Å². The lowest BCUT2D eigenvalue weighted by molar-refractivity contribution is 0.0633. The third-order valence-electron chi connectivity index (χ3n) is 4.43. The van der Waals surface area contributed by atoms with E-state index in [-0.39, 0.29) is 5.91 Å². The predicted molar refractivity (Wildman–Crippen MR) is 84.1 cm³/mol. The number of carbonyl (C=O) groups excluding carboxylic acids is 1. The van der Waals surface area contributed by atoms with Gasteiger partial charge in [-0.3, -0.25) is 15.5 Å². The monoisotopic (exact) mass is 288 g/mol. The lowest BCUT2D eigenvalue weighted by Gasteiger charge is -2.35. The van der Waals surface area contributed by atoms with E-state index in [0.29, 0.717) is 11.3 Å². The summed E-state index contributed by atoms with van der Waals surface area (Å²) in [7, 11) is 0. The number of benzene rings is 1. The average molecular weight is 288 g/mol. The highest BCUT2D eigenvalue weighted by Crippen LogP contribution is 2.30. The van der Waals surface area contributed by atoms with Crippen LogP contribution in [0, 0.1) is 12.8 Å². The Hall–Kier alpha value is -1.59. The molecule has 1 aliphatic carbocycles. The van der Waals surface area contributed by atoms with Gasteiger partial charge in [-0.1, -0.05) is 11.6 Å². The van der Waals surface area contributed by atoms with Crippen LogP contribution in [0.5, 0.6) is 0 Å². The van der Waals surface area contributed by atoms with Crippen molar-refractivity contribution in [2.45, 2.75) is 19.8 Å². The molecule has 114 valence electrons. The van der Waals surface area contributed by atoms with Gasteiger partial charge in [-0.25, -0.2) is 0 Å². The smallest absolute Gasteiger partial charge is 0.256 e. The first-order chi connectivity index (χ1) is 10.2. The van der Waals surface area contributed by atoms with Crippen LogP contribution in [0.4, 0.5) is 5.69 Å². The van der Waals surface area contributed by atoms with Crippen LogP contribution in [-0.2, 0) is 0 Å². The van der Waals surface area contributed by atoms with Crippen LogP contribution >= 0.6 is 0 Å². The number of nitrogens with one attached hydrogen (secondary N) is 1. The molecule has 2 fully saturated rings. The Balaban J connectivity index is 1.64. The zero-order valence-electron chi connectivity index (χ0n) is 12.6. The van der Waals surface area contributed by atoms with Gasteiger partial charge in [-0.15, -0.1) is 0 Å². The van der Waals surface area contributed by atoms with Gasteiger partial charge in [0.25, 0.3) is 5.91 Å². The number of amides is 1. The normalized spacial score (nSPS) is 19.6. The Kier molecular flexibility index (Phi) is 4.12. The highest BCUT2D eigenvalue weighted by Gasteiger charge is 2.28. The summed E-state index contributed by atoms with van der Waals surface area (Å²) in [5.41, 5.74) is 5.08. The Labute approximate surface area is 126 Å². The second-order valence-corrected chi connectivity index (χ2v) is 6.23. The van der Waals surface area contributed by atoms with Gasteiger partial charge in [0.15, 0.2) is 0 Å². The maximum Gasteiger partial charge on any atom is 0.256 e. The summed E-state index contributed by atoms with van der Waals surface area (Å²) in [6, 6.07) is 5.74. The van der Waals surface area contributed by atoms with Gasteiger partial charge >= 0.3 is 0 Å². The molecular formula is C16H24N4O. The van der Waals surface area contributed by atoms with Crippen molar-refractivity contribution in [1.29, 1.82) is 0 Å². The van der Waals surface area contributed by atoms with Crippen molar-refractivity contribution in [3.8, 4) is 0 Å². The molecule has 5 nitrogen and oxygen atoms in total. The summed E-state index contributed by atoms with van der Waals surface area (Å²) in [5, 5.41) is 0. The summed E-state index contributed by atoms with van der Waals surface area (Å²) in [5.74, 6) is 6.52. The first-order valence-corrected chi connectivity index (χ1v) is 7.76. The number of nitrogens with zero attached hydrogens (tertiary/aromatic N) is 2. The highest BCUT2D eigenvalue weighted by molar-refractivity contribution is 5.99. The van der Waals surface area contributed by atoms with Crippen molar-refractivity contribution in [1.82, 2.24) is 9.80 Å². The van der Waals surface area contributed by atoms with Crippen LogP contribution in [0.2, 0.25) is 0 Å². The second kappa shape index (κ2) is 6.03. The minimum atomic E-state index is 0.0812. The Morgan fingerprint density at radius 3 is 2.62 bits per heavy atom. The molecule has 1 aliphatic heterocycles. The van der Waals surface area contributed by atoms with Crippen molar-refractivity contribution >= 4 is 11.6 Å². The van der Waals surface area contributed by atoms with Gasteiger partial charge in [-0.2, -0.15) is 0 Å². The largest absolute Gasteiger partial charge is 0.336 e. The molecule has 1 heterocycles. The molecule has 3 N–H and O–H groups in total. The molecule has 1 amide bonds. The molecule has 1 saturated carbocycles. The van der Waals surface area contributed by atoms with Gasteiger partial charge in [0.2, 0.25) is 0 Å². The number of hydrazine groups is 1. The van der Waals surface area contributed by atoms with E-state index in [1.165, 1.54) is 19.4 Å². The molecule has 1 aromatic carbocycles. The van der Waals surface area contributed by atoms with Gasteiger partial charge in [0, 0.05) is 32.7 Å². The van der Waals surface area contributed by atoms with Crippen molar-refractivity contribution < 1.29 is 4.79 Å². The minimum Gasteiger partial charge on any atom is -0.336 e. The van der Waals surface area contributed by atoms with E-state index < -0.39 is 0 Å². The number of nitrogen functional groups attached to an aromatic ring is 1. The second-order valence-electron chi connectivity index (χ2n) is 6.23. The molecular weight excluding hydrogens is 264 g/mol. The Morgan fingerprint density at radius 1 is 1.29 bits per heavy atom. The summed E-state index contributed by atoms with van der Waals surface area (Å²) < 4.78 is 0. The van der Waals surface area contributed by atoms with Crippen LogP contribution < -0.4 is 11.3 Å². The Morgan fingerprint density at radius 2 is 2.00 bits per heavy atom. The number of hydrogen-bond acceptors (Lipinski definition) is 4. The van der Waals surface area contributed by atoms with Gasteiger partial charge in [0.1, 0.15) is 0 Å². The van der Waals surface area contributed by atoms with E-state index in [1.54, 1.807) is 0 Å². The van der Waals surface area contributed by atoms with Crippen molar-refractivity contribution in [2.24, 2.45) is 11.8 Å². The first-order valence-electron chi connectivity index (χ1n) is 7.76. The van der Waals surface area contributed by atoms with Crippen molar-refractivity contribution in [2.75, 3.05) is 38.1 Å². The van der Waals surface area contributed by atoms with E-state index in [2.05, 4.69) is 10.3 Å². The quantitative estimate of drug-likeness (QED) is 0.650. The maximum absolute atomic E-state index is 12.7. The van der Waals surface area contributed by atoms with Gasteiger partial charge < -0.3 is 10.3 Å². The molecule has 2 aliphatic rings. The topological polar surface area (TPSA) is 61.6 Å². The number of hydrogen-bond donors (Lipinski definition) is 2. The summed E-state index contributed by atoms with van der Waals surface area (Å²) in [6.45, 7) is 6.79. The summed E-state index contributed by atoms with van der Waals surface area (Å²) in [4.78, 5) is 17.1. The third kappa shape index (κ3) is 3.36. The number of anilines is 1. The van der Waals surface area contributed by atoms with Crippen LogP contribution in [0.25, 0.3) is 0 Å². The molecule has 0 bridgehead atoms. The summed E-state index contributed by atoms with van der Waals surface area (Å²) in [6.07, 6.45) is 2.77. The predicted octanol–water partition coefficient (Wildman–Crippen LogP) is 1.45. The molecule has 0 atom stereocenters. The standard InChI is InChI=1S/C16H24N4O/c1-12-2-5-15(18-17)14(10-12)16(21)20-8-6-19(7-9-20)11-13-3-4-13/h2,5,10,13,18H,3-4,6-9,11,17H2,1H3. The third-order valence-corrected chi connectivity index (χ3v) is 4.43. The van der Waals surface area contributed by atoms with E-state index in [1.807, 2.05) is 30.0 Å². The highest BCUT2D eigenvalue weighted by atomic mass is 16.2. The minimum absolute atomic E-state index is 0.0812. The molecule has 5 heteroatoms. The lowest BCUT2D eigenvalue weighted by Crippen LogP contribution is -2.49. The van der Waals surface area contributed by atoms with Crippen LogP contribution in [0.3, 0.4) is 0 Å². The number of nitrogens with two attached hydrogens (primary N) is 1. The first kappa shape index (κ1) is 14.4. The van der Waals surface area contributed by atoms with Crippen LogP contribution in [0.1, 0.15) is 28.8 Å². The fourth-order valence-corrected chi connectivity index (χ4v) is 2.93. The molecule has 0 spiro atoms. The summed E-state index contributed by atoms with van der Waals surface area (Å²) >= 11 is 0. The zero-order valence-corrected chi connectivity index (χ0v) is 12.6. The molecule has 1 saturated heterocycles. The molecule has 0 radical (unpaired) electrons. The SMILES string of the molecule is Cc1ccc(NN)c(C(=O)N2CCN(CC3CC3)CC2)c1. The van der Waals surface area contributed by atoms with E-state index in [9.17, 15) is 4.79 Å². The van der Waals surface area contributed by atoms with Gasteiger partial charge in [0.05, 0.1) is 11.3 Å². The number of aryl methyl sites for hydroxylation is 1. The fourth-order valence-electron chi connectivity index (χ4n) is 2.93. The Bertz CT molecular complexity index is 519. The fraction of sp³-hybridized carbons (Fsp3) is 0.562. The van der Waals surface area contributed by atoms with E-state index in [0.717, 1.165) is 37.7 Å². The molecule has 0 unspecified atom stereocenters. The lowest BCUT2D eigenvalue weighted by atomic mass is 10.1. The molecule has 3 rings (SSSR count). The molecule has 21 heavy (non-hydrogen) atoms. The average Bonchev–Trinajstić information content (AvgIpc) is 3.31. The zero-order chi connectivity index (χ0) is 14.8. The number of piperazine rings is 1. The maximum atomic E-state index is 12.7. The van der Waals surface area contributed by atoms with Crippen LogP contribution in [0.15, 0.2) is 18.2 Å². The number of rotatable bonds is 4. The van der Waals surface area contributed by atoms with E-state index in [4.69, 9.17) is 5.84 Å². The van der Waals surface area contributed by atoms with Crippen molar-refractivity contribution in [3.05, 3.63) is 29.3 Å². The van der Waals surface area contributed by atoms with Gasteiger partial charge in [-0.05, 0) is 37.8 Å². The molecule has 0 aromatic heterocycles. The molecule has 1 aromatic rings. The van der Waals surface area contributed by atoms with Crippen molar-refractivity contribution in [3.63, 3.8) is 0 Å². The van der Waals surface area contributed by atoms with Crippen LogP contribution in [-0.4, -0.2) is 48.4 Å².